The highest BCUT2D eigenvalue weighted by Crippen LogP contribution is 2.17. The second kappa shape index (κ2) is 5.91. The van der Waals surface area contributed by atoms with Crippen LogP contribution in [0.4, 0.5) is 4.79 Å². The van der Waals surface area contributed by atoms with Gasteiger partial charge in [-0.15, -0.1) is 0 Å². The standard InChI is InChI=1S/C12H19N5O3/c1-16-7-9(5-14-16)10(11(18)19)15-12(20)17-3-2-8(4-13)6-17/h5,7-8,10H,2-4,6,13H2,1H3,(H,15,20)(H,18,19). The number of carbonyl (C=O) groups excluding carboxylic acids is 1. The summed E-state index contributed by atoms with van der Waals surface area (Å²) in [7, 11) is 1.69. The Bertz CT molecular complexity index is 501. The molecule has 2 heterocycles. The van der Waals surface area contributed by atoms with Crippen molar-refractivity contribution in [3.05, 3.63) is 18.0 Å². The first-order chi connectivity index (χ1) is 9.51. The smallest absolute Gasteiger partial charge is 0.331 e. The van der Waals surface area contributed by atoms with Crippen LogP contribution in [0.5, 0.6) is 0 Å². The van der Waals surface area contributed by atoms with E-state index in [1.54, 1.807) is 18.1 Å². The normalized spacial score (nSPS) is 19.9. The molecule has 0 aromatic carbocycles. The first-order valence-electron chi connectivity index (χ1n) is 6.48. The topological polar surface area (TPSA) is 113 Å². The van der Waals surface area contributed by atoms with E-state index in [2.05, 4.69) is 10.4 Å². The minimum atomic E-state index is -1.11. The molecule has 2 unspecified atom stereocenters. The van der Waals surface area contributed by atoms with Gasteiger partial charge in [0, 0.05) is 31.9 Å². The molecule has 4 N–H and O–H groups in total. The van der Waals surface area contributed by atoms with Crippen LogP contribution in [0.3, 0.4) is 0 Å². The number of aryl methyl sites for hydroxylation is 1. The Morgan fingerprint density at radius 1 is 1.65 bits per heavy atom. The van der Waals surface area contributed by atoms with Crippen molar-refractivity contribution in [2.75, 3.05) is 19.6 Å². The number of urea groups is 1. The Kier molecular flexibility index (Phi) is 4.23. The predicted octanol–water partition coefficient (Wildman–Crippen LogP) is -0.464. The Morgan fingerprint density at radius 3 is 2.90 bits per heavy atom. The molecule has 8 nitrogen and oxygen atoms in total. The van der Waals surface area contributed by atoms with Gasteiger partial charge in [0.25, 0.3) is 0 Å². The lowest BCUT2D eigenvalue weighted by atomic mass is 10.1. The molecule has 0 saturated carbocycles. The molecule has 1 fully saturated rings. The molecule has 2 atom stereocenters. The molecule has 1 aromatic rings. The second-order valence-corrected chi connectivity index (χ2v) is 5.00. The van der Waals surface area contributed by atoms with Gasteiger partial charge in [-0.2, -0.15) is 5.10 Å². The zero-order valence-electron chi connectivity index (χ0n) is 11.3. The maximum Gasteiger partial charge on any atom is 0.331 e. The Morgan fingerprint density at radius 2 is 2.40 bits per heavy atom. The Balaban J connectivity index is 2.02. The number of hydrogen-bond donors (Lipinski definition) is 3. The third-order valence-electron chi connectivity index (χ3n) is 3.48. The van der Waals surface area contributed by atoms with Gasteiger partial charge in [0.1, 0.15) is 0 Å². The van der Waals surface area contributed by atoms with Gasteiger partial charge in [0.15, 0.2) is 6.04 Å². The van der Waals surface area contributed by atoms with E-state index in [9.17, 15) is 14.7 Å². The summed E-state index contributed by atoms with van der Waals surface area (Å²) in [6.07, 6.45) is 3.87. The zero-order valence-corrected chi connectivity index (χ0v) is 11.3. The number of carbonyl (C=O) groups is 2. The van der Waals surface area contributed by atoms with Gasteiger partial charge in [-0.05, 0) is 18.9 Å². The number of hydrogen-bond acceptors (Lipinski definition) is 4. The van der Waals surface area contributed by atoms with Crippen LogP contribution in [0.2, 0.25) is 0 Å². The van der Waals surface area contributed by atoms with Crippen molar-refractivity contribution in [3.63, 3.8) is 0 Å². The molecule has 110 valence electrons. The molecule has 2 rings (SSSR count). The fourth-order valence-electron chi connectivity index (χ4n) is 2.30. The van der Waals surface area contributed by atoms with Crippen molar-refractivity contribution in [1.29, 1.82) is 0 Å². The van der Waals surface area contributed by atoms with Crippen molar-refractivity contribution in [1.82, 2.24) is 20.0 Å². The van der Waals surface area contributed by atoms with Crippen molar-refractivity contribution in [2.24, 2.45) is 18.7 Å². The number of amides is 2. The summed E-state index contributed by atoms with van der Waals surface area (Å²) in [5.41, 5.74) is 6.02. The number of rotatable bonds is 4. The third kappa shape index (κ3) is 3.08. The molecular formula is C12H19N5O3. The van der Waals surface area contributed by atoms with Crippen LogP contribution >= 0.6 is 0 Å². The average molecular weight is 281 g/mol. The summed E-state index contributed by atoms with van der Waals surface area (Å²) in [4.78, 5) is 25.0. The number of nitrogens with one attached hydrogen (secondary N) is 1. The van der Waals surface area contributed by atoms with Crippen LogP contribution in [-0.4, -0.2) is 51.4 Å². The lowest BCUT2D eigenvalue weighted by molar-refractivity contribution is -0.139. The molecule has 1 aliphatic rings. The van der Waals surface area contributed by atoms with Gasteiger partial charge in [0.05, 0.1) is 6.20 Å². The van der Waals surface area contributed by atoms with E-state index in [-0.39, 0.29) is 6.03 Å². The van der Waals surface area contributed by atoms with Gasteiger partial charge < -0.3 is 21.1 Å². The van der Waals surface area contributed by atoms with Crippen molar-refractivity contribution in [2.45, 2.75) is 12.5 Å². The summed E-state index contributed by atoms with van der Waals surface area (Å²) in [6.45, 7) is 1.71. The molecule has 1 aromatic heterocycles. The summed E-state index contributed by atoms with van der Waals surface area (Å²) in [6, 6.07) is -1.47. The molecule has 0 radical (unpaired) electrons. The summed E-state index contributed by atoms with van der Waals surface area (Å²) >= 11 is 0. The van der Waals surface area contributed by atoms with E-state index in [1.165, 1.54) is 10.9 Å². The van der Waals surface area contributed by atoms with Crippen molar-refractivity contribution < 1.29 is 14.7 Å². The molecular weight excluding hydrogens is 262 g/mol. The highest BCUT2D eigenvalue weighted by molar-refractivity contribution is 5.83. The van der Waals surface area contributed by atoms with Crippen molar-refractivity contribution in [3.8, 4) is 0 Å². The van der Waals surface area contributed by atoms with Crippen LogP contribution in [0.1, 0.15) is 18.0 Å². The van der Waals surface area contributed by atoms with E-state index in [0.717, 1.165) is 6.42 Å². The summed E-state index contributed by atoms with van der Waals surface area (Å²) < 4.78 is 1.50. The monoisotopic (exact) mass is 281 g/mol. The van der Waals surface area contributed by atoms with Gasteiger partial charge >= 0.3 is 12.0 Å². The number of nitrogens with two attached hydrogens (primary N) is 1. The first-order valence-corrected chi connectivity index (χ1v) is 6.48. The van der Waals surface area contributed by atoms with Crippen LogP contribution in [0, 0.1) is 5.92 Å². The minimum Gasteiger partial charge on any atom is -0.479 e. The number of nitrogens with zero attached hydrogens (tertiary/aromatic N) is 3. The number of aromatic nitrogens is 2. The number of carboxylic acid groups (broad SMARTS) is 1. The summed E-state index contributed by atoms with van der Waals surface area (Å²) in [5.74, 6) is -0.816. The first kappa shape index (κ1) is 14.3. The van der Waals surface area contributed by atoms with E-state index >= 15 is 0 Å². The lowest BCUT2D eigenvalue weighted by Crippen LogP contribution is -2.43. The van der Waals surface area contributed by atoms with Gasteiger partial charge in [-0.3, -0.25) is 4.68 Å². The van der Waals surface area contributed by atoms with Crippen molar-refractivity contribution >= 4 is 12.0 Å². The third-order valence-corrected chi connectivity index (χ3v) is 3.48. The van der Waals surface area contributed by atoms with Gasteiger partial charge in [0.2, 0.25) is 0 Å². The molecule has 1 aliphatic heterocycles. The molecule has 0 bridgehead atoms. The number of likely N-dealkylation sites (tertiary alicyclic amines) is 1. The highest BCUT2D eigenvalue weighted by atomic mass is 16.4. The predicted molar refractivity (Wildman–Crippen MR) is 70.9 cm³/mol. The SMILES string of the molecule is Cn1cc(C(NC(=O)N2CCC(CN)C2)C(=O)O)cn1. The number of aliphatic carboxylic acids is 1. The molecule has 8 heteroatoms. The maximum absolute atomic E-state index is 12.1. The summed E-state index contributed by atoms with van der Waals surface area (Å²) in [5, 5.41) is 15.7. The van der Waals surface area contributed by atoms with Crippen LogP contribution in [-0.2, 0) is 11.8 Å². The van der Waals surface area contributed by atoms with Gasteiger partial charge in [-0.1, -0.05) is 0 Å². The van der Waals surface area contributed by atoms with E-state index in [1.807, 2.05) is 0 Å². The quantitative estimate of drug-likeness (QED) is 0.691. The molecule has 0 aliphatic carbocycles. The minimum absolute atomic E-state index is 0.294. The Labute approximate surface area is 116 Å². The molecule has 2 amide bonds. The Hall–Kier alpha value is -2.09. The number of carboxylic acids is 1. The largest absolute Gasteiger partial charge is 0.479 e. The fraction of sp³-hybridized carbons (Fsp3) is 0.583. The average Bonchev–Trinajstić information content (AvgIpc) is 3.03. The van der Waals surface area contributed by atoms with Crippen LogP contribution in [0.25, 0.3) is 0 Å². The van der Waals surface area contributed by atoms with E-state index in [0.29, 0.717) is 31.1 Å². The van der Waals surface area contributed by atoms with Gasteiger partial charge in [-0.25, -0.2) is 9.59 Å². The lowest BCUT2D eigenvalue weighted by Gasteiger charge is -2.20. The van der Waals surface area contributed by atoms with Crippen LogP contribution < -0.4 is 11.1 Å². The van der Waals surface area contributed by atoms with E-state index in [4.69, 9.17) is 5.73 Å². The molecule has 0 spiro atoms. The maximum atomic E-state index is 12.1. The molecule has 1 saturated heterocycles. The second-order valence-electron chi connectivity index (χ2n) is 5.00. The van der Waals surface area contributed by atoms with E-state index < -0.39 is 12.0 Å². The zero-order chi connectivity index (χ0) is 14.7. The highest BCUT2D eigenvalue weighted by Gasteiger charge is 2.29. The fourth-order valence-corrected chi connectivity index (χ4v) is 2.30. The van der Waals surface area contributed by atoms with Crippen LogP contribution in [0.15, 0.2) is 12.4 Å². The molecule has 20 heavy (non-hydrogen) atoms.